The Labute approximate surface area is 180 Å². The van der Waals surface area contributed by atoms with Gasteiger partial charge in [-0.15, -0.1) is 0 Å². The number of fused-ring (bicyclic) bond motifs is 2. The average molecular weight is 443 g/mol. The highest BCUT2D eigenvalue weighted by Gasteiger charge is 2.32. The largest absolute Gasteiger partial charge is 0.459 e. The van der Waals surface area contributed by atoms with Gasteiger partial charge in [0.25, 0.3) is 5.56 Å². The van der Waals surface area contributed by atoms with E-state index in [1.807, 2.05) is 18.2 Å². The number of benzene rings is 1. The summed E-state index contributed by atoms with van der Waals surface area (Å²) in [5.74, 6) is 1.54. The van der Waals surface area contributed by atoms with E-state index in [0.29, 0.717) is 36.6 Å². The fourth-order valence-corrected chi connectivity index (χ4v) is 5.54. The molecule has 5 rings (SSSR count). The highest BCUT2D eigenvalue weighted by atomic mass is 32.2. The predicted molar refractivity (Wildman–Crippen MR) is 117 cm³/mol. The van der Waals surface area contributed by atoms with E-state index in [9.17, 15) is 13.2 Å². The number of likely N-dealkylation sites (tertiary alicyclic amines) is 1. The Hall–Kier alpha value is -2.49. The van der Waals surface area contributed by atoms with E-state index in [1.165, 1.54) is 10.6 Å². The summed E-state index contributed by atoms with van der Waals surface area (Å²) in [4.78, 5) is 22.7. The van der Waals surface area contributed by atoms with Crippen molar-refractivity contribution in [3.8, 4) is 0 Å². The highest BCUT2D eigenvalue weighted by Crippen LogP contribution is 2.34. The number of nitrogens with one attached hydrogen (secondary N) is 1. The fraction of sp³-hybridized carbons (Fsp3) is 0.455. The maximum atomic E-state index is 12.7. The van der Waals surface area contributed by atoms with Crippen LogP contribution < -0.4 is 5.56 Å². The van der Waals surface area contributed by atoms with Crippen LogP contribution in [0.2, 0.25) is 0 Å². The van der Waals surface area contributed by atoms with Crippen LogP contribution in [0.15, 0.2) is 33.5 Å². The second-order valence-electron chi connectivity index (χ2n) is 8.50. The van der Waals surface area contributed by atoms with Crippen LogP contribution in [0, 0.1) is 6.92 Å². The lowest BCUT2D eigenvalue weighted by Crippen LogP contribution is -2.39. The van der Waals surface area contributed by atoms with Crippen molar-refractivity contribution >= 4 is 21.0 Å². The van der Waals surface area contributed by atoms with E-state index in [-0.39, 0.29) is 18.1 Å². The fourth-order valence-electron chi connectivity index (χ4n) is 4.76. The van der Waals surface area contributed by atoms with Gasteiger partial charge in [-0.3, -0.25) is 9.69 Å². The summed E-state index contributed by atoms with van der Waals surface area (Å²) in [6.45, 7) is 4.07. The number of rotatable bonds is 4. The Morgan fingerprint density at radius 1 is 1.26 bits per heavy atom. The second-order valence-corrected chi connectivity index (χ2v) is 10.5. The molecule has 0 spiro atoms. The number of nitrogens with zero attached hydrogens (tertiary/aromatic N) is 3. The van der Waals surface area contributed by atoms with Gasteiger partial charge in [-0.2, -0.15) is 4.31 Å². The van der Waals surface area contributed by atoms with E-state index >= 15 is 0 Å². The smallest absolute Gasteiger partial charge is 0.254 e. The standard InChI is InChI=1S/C22H26N4O4S/c1-14-15-6-3-4-8-19(15)30-20(14)13-25-10-5-7-18(25)21-23-17-12-26(31(2,28)29)11-9-16(17)22(27)24-21/h3-4,6,8,18H,5,7,9-13H2,1-2H3,(H,23,24,27)/t18-/m1/s1. The molecular weight excluding hydrogens is 416 g/mol. The lowest BCUT2D eigenvalue weighted by Gasteiger charge is -2.27. The van der Waals surface area contributed by atoms with Gasteiger partial charge < -0.3 is 9.40 Å². The molecule has 1 atom stereocenters. The quantitative estimate of drug-likeness (QED) is 0.666. The van der Waals surface area contributed by atoms with E-state index in [1.54, 1.807) is 0 Å². The number of aromatic amines is 1. The summed E-state index contributed by atoms with van der Waals surface area (Å²) in [6, 6.07) is 7.99. The number of hydrogen-bond acceptors (Lipinski definition) is 6. The van der Waals surface area contributed by atoms with Crippen molar-refractivity contribution in [2.75, 3.05) is 19.3 Å². The molecule has 1 N–H and O–H groups in total. The van der Waals surface area contributed by atoms with Gasteiger partial charge in [0.2, 0.25) is 10.0 Å². The minimum Gasteiger partial charge on any atom is -0.459 e. The van der Waals surface area contributed by atoms with Crippen molar-refractivity contribution in [2.45, 2.75) is 45.3 Å². The predicted octanol–water partition coefficient (Wildman–Crippen LogP) is 2.48. The van der Waals surface area contributed by atoms with E-state index < -0.39 is 10.0 Å². The Balaban J connectivity index is 1.45. The van der Waals surface area contributed by atoms with Crippen LogP contribution in [0.4, 0.5) is 0 Å². The van der Waals surface area contributed by atoms with Gasteiger partial charge in [0.1, 0.15) is 17.2 Å². The van der Waals surface area contributed by atoms with Gasteiger partial charge in [0, 0.05) is 17.5 Å². The number of hydrogen-bond donors (Lipinski definition) is 1. The summed E-state index contributed by atoms with van der Waals surface area (Å²) in [5.41, 5.74) is 3.03. The molecule has 8 nitrogen and oxygen atoms in total. The molecule has 0 amide bonds. The third-order valence-corrected chi connectivity index (χ3v) is 7.74. The molecule has 2 aromatic heterocycles. The van der Waals surface area contributed by atoms with Gasteiger partial charge in [-0.05, 0) is 44.4 Å². The first-order valence-corrected chi connectivity index (χ1v) is 12.4. The van der Waals surface area contributed by atoms with Crippen LogP contribution in [-0.2, 0) is 29.5 Å². The van der Waals surface area contributed by atoms with E-state index in [0.717, 1.165) is 41.7 Å². The lowest BCUT2D eigenvalue weighted by molar-refractivity contribution is 0.221. The normalized spacial score (nSPS) is 20.4. The molecule has 2 aliphatic rings. The van der Waals surface area contributed by atoms with Crippen molar-refractivity contribution in [3.63, 3.8) is 0 Å². The lowest BCUT2D eigenvalue weighted by atomic mass is 10.1. The van der Waals surface area contributed by atoms with Crippen LogP contribution >= 0.6 is 0 Å². The van der Waals surface area contributed by atoms with Crippen molar-refractivity contribution in [2.24, 2.45) is 0 Å². The van der Waals surface area contributed by atoms with Gasteiger partial charge in [-0.1, -0.05) is 18.2 Å². The molecule has 0 bridgehead atoms. The summed E-state index contributed by atoms with van der Waals surface area (Å²) in [7, 11) is -3.32. The molecule has 4 heterocycles. The number of aromatic nitrogens is 2. The Morgan fingerprint density at radius 3 is 2.84 bits per heavy atom. The topological polar surface area (TPSA) is 99.5 Å². The number of sulfonamides is 1. The zero-order valence-electron chi connectivity index (χ0n) is 17.7. The summed E-state index contributed by atoms with van der Waals surface area (Å²) < 4.78 is 31.4. The molecule has 31 heavy (non-hydrogen) atoms. The first kappa shape index (κ1) is 20.4. The first-order valence-electron chi connectivity index (χ1n) is 10.6. The minimum absolute atomic E-state index is 0.0285. The molecule has 1 aromatic carbocycles. The summed E-state index contributed by atoms with van der Waals surface area (Å²) in [6.07, 6.45) is 3.47. The van der Waals surface area contributed by atoms with Crippen LogP contribution in [0.3, 0.4) is 0 Å². The Kier molecular flexibility index (Phi) is 4.99. The number of furan rings is 1. The second kappa shape index (κ2) is 7.58. The van der Waals surface area contributed by atoms with Crippen molar-refractivity contribution in [1.82, 2.24) is 19.2 Å². The SMILES string of the molecule is Cc1c(CN2CCC[C@@H]2c2nc3c(c(=O)[nH]2)CCN(S(C)(=O)=O)C3)oc2ccccc12. The molecule has 9 heteroatoms. The number of H-pyrrole nitrogens is 1. The summed E-state index contributed by atoms with van der Waals surface area (Å²) in [5, 5.41) is 1.12. The van der Waals surface area contributed by atoms with Gasteiger partial charge in [0.05, 0.1) is 31.1 Å². The van der Waals surface area contributed by atoms with Crippen LogP contribution in [0.5, 0.6) is 0 Å². The molecule has 0 radical (unpaired) electrons. The van der Waals surface area contributed by atoms with Gasteiger partial charge in [-0.25, -0.2) is 13.4 Å². The maximum Gasteiger partial charge on any atom is 0.254 e. The molecule has 3 aromatic rings. The highest BCUT2D eigenvalue weighted by molar-refractivity contribution is 7.88. The van der Waals surface area contributed by atoms with Crippen LogP contribution in [0.25, 0.3) is 11.0 Å². The maximum absolute atomic E-state index is 12.7. The van der Waals surface area contributed by atoms with Gasteiger partial charge in [0.15, 0.2) is 0 Å². The summed E-state index contributed by atoms with van der Waals surface area (Å²) >= 11 is 0. The van der Waals surface area contributed by atoms with Crippen molar-refractivity contribution in [3.05, 3.63) is 63.0 Å². The Bertz CT molecular complexity index is 1310. The molecular formula is C22H26N4O4S. The Morgan fingerprint density at radius 2 is 2.06 bits per heavy atom. The molecule has 0 aliphatic carbocycles. The molecule has 0 saturated carbocycles. The monoisotopic (exact) mass is 442 g/mol. The van der Waals surface area contributed by atoms with E-state index in [2.05, 4.69) is 22.9 Å². The first-order chi connectivity index (χ1) is 14.8. The van der Waals surface area contributed by atoms with Crippen LogP contribution in [0.1, 0.15) is 47.3 Å². The molecule has 1 fully saturated rings. The number of para-hydroxylation sites is 1. The van der Waals surface area contributed by atoms with Gasteiger partial charge >= 0.3 is 0 Å². The average Bonchev–Trinajstić information content (AvgIpc) is 3.32. The van der Waals surface area contributed by atoms with Crippen LogP contribution in [-0.4, -0.2) is 46.9 Å². The van der Waals surface area contributed by atoms with Crippen molar-refractivity contribution < 1.29 is 12.8 Å². The molecule has 1 saturated heterocycles. The molecule has 2 aliphatic heterocycles. The third kappa shape index (κ3) is 3.71. The molecule has 164 valence electrons. The molecule has 0 unspecified atom stereocenters. The number of aryl methyl sites for hydroxylation is 1. The van der Waals surface area contributed by atoms with Crippen molar-refractivity contribution in [1.29, 1.82) is 0 Å². The zero-order chi connectivity index (χ0) is 21.8. The van der Waals surface area contributed by atoms with E-state index in [4.69, 9.17) is 9.40 Å². The third-order valence-electron chi connectivity index (χ3n) is 6.49. The minimum atomic E-state index is -3.32. The zero-order valence-corrected chi connectivity index (χ0v) is 18.5.